The lowest BCUT2D eigenvalue weighted by Gasteiger charge is -2.17. The molecule has 0 unspecified atom stereocenters. The average molecular weight is 361 g/mol. The summed E-state index contributed by atoms with van der Waals surface area (Å²) in [6, 6.07) is 19.4. The zero-order valence-electron chi connectivity index (χ0n) is 15.8. The number of benzene rings is 2. The summed E-state index contributed by atoms with van der Waals surface area (Å²) in [7, 11) is 3.42. The molecule has 1 heterocycles. The zero-order chi connectivity index (χ0) is 19.2. The number of anilines is 2. The fourth-order valence-electron chi connectivity index (χ4n) is 2.79. The predicted molar refractivity (Wildman–Crippen MR) is 107 cm³/mol. The Kier molecular flexibility index (Phi) is 5.71. The lowest BCUT2D eigenvalue weighted by molar-refractivity contribution is 0.0779. The van der Waals surface area contributed by atoms with Gasteiger partial charge in [0.05, 0.1) is 24.7 Å². The standard InChI is InChI=1S/C22H23N3O2/c1-16-9-12-21(27-3)20(13-16)24-18-10-11-19(23-14-18)22(26)25(2)15-17-7-5-4-6-8-17/h4-14,24H,15H2,1-3H3. The lowest BCUT2D eigenvalue weighted by atomic mass is 10.2. The maximum Gasteiger partial charge on any atom is 0.272 e. The number of hydrogen-bond donors (Lipinski definition) is 1. The van der Waals surface area contributed by atoms with Gasteiger partial charge in [0.2, 0.25) is 0 Å². The molecule has 3 aromatic rings. The van der Waals surface area contributed by atoms with Crippen LogP contribution in [0.1, 0.15) is 21.6 Å². The van der Waals surface area contributed by atoms with Crippen LogP contribution in [-0.2, 0) is 6.54 Å². The van der Waals surface area contributed by atoms with E-state index in [2.05, 4.69) is 10.3 Å². The van der Waals surface area contributed by atoms with Crippen molar-refractivity contribution in [1.29, 1.82) is 0 Å². The number of carbonyl (C=O) groups excluding carboxylic acids is 1. The molecule has 0 saturated heterocycles. The molecule has 1 aromatic heterocycles. The van der Waals surface area contributed by atoms with Gasteiger partial charge in [-0.1, -0.05) is 36.4 Å². The Morgan fingerprint density at radius 2 is 1.89 bits per heavy atom. The van der Waals surface area contributed by atoms with E-state index in [4.69, 9.17) is 4.74 Å². The molecule has 5 nitrogen and oxygen atoms in total. The van der Waals surface area contributed by atoms with Gasteiger partial charge in [-0.05, 0) is 42.3 Å². The third-order valence-corrected chi connectivity index (χ3v) is 4.23. The molecular formula is C22H23N3O2. The molecule has 0 atom stereocenters. The number of methoxy groups -OCH3 is 1. The second-order valence-corrected chi connectivity index (χ2v) is 6.41. The molecule has 0 aliphatic carbocycles. The number of nitrogens with one attached hydrogen (secondary N) is 1. The van der Waals surface area contributed by atoms with Crippen LogP contribution in [0.25, 0.3) is 0 Å². The molecule has 0 aliphatic heterocycles. The van der Waals surface area contributed by atoms with Gasteiger partial charge in [-0.3, -0.25) is 4.79 Å². The number of amides is 1. The van der Waals surface area contributed by atoms with Crippen molar-refractivity contribution in [2.75, 3.05) is 19.5 Å². The van der Waals surface area contributed by atoms with Gasteiger partial charge in [-0.2, -0.15) is 0 Å². The van der Waals surface area contributed by atoms with Crippen molar-refractivity contribution >= 4 is 17.3 Å². The largest absolute Gasteiger partial charge is 0.495 e. The molecule has 1 amide bonds. The van der Waals surface area contributed by atoms with E-state index in [1.807, 2.05) is 61.5 Å². The Morgan fingerprint density at radius 3 is 2.56 bits per heavy atom. The number of aryl methyl sites for hydroxylation is 1. The summed E-state index contributed by atoms with van der Waals surface area (Å²) in [6.45, 7) is 2.56. The van der Waals surface area contributed by atoms with Gasteiger partial charge in [-0.15, -0.1) is 0 Å². The topological polar surface area (TPSA) is 54.5 Å². The summed E-state index contributed by atoms with van der Waals surface area (Å²) in [5.41, 5.74) is 4.27. The van der Waals surface area contributed by atoms with Gasteiger partial charge in [0.1, 0.15) is 11.4 Å². The van der Waals surface area contributed by atoms with Crippen LogP contribution in [0.15, 0.2) is 66.9 Å². The summed E-state index contributed by atoms with van der Waals surface area (Å²) in [6.07, 6.45) is 1.66. The Hall–Kier alpha value is -3.34. The van der Waals surface area contributed by atoms with E-state index in [-0.39, 0.29) is 5.91 Å². The van der Waals surface area contributed by atoms with Crippen LogP contribution in [0, 0.1) is 6.92 Å². The minimum atomic E-state index is -0.112. The monoisotopic (exact) mass is 361 g/mol. The molecule has 0 saturated carbocycles. The highest BCUT2D eigenvalue weighted by atomic mass is 16.5. The molecule has 0 spiro atoms. The molecule has 138 valence electrons. The summed E-state index contributed by atoms with van der Waals surface area (Å²) >= 11 is 0. The molecule has 0 aliphatic rings. The normalized spacial score (nSPS) is 10.3. The van der Waals surface area contributed by atoms with Crippen molar-refractivity contribution in [3.05, 3.63) is 83.7 Å². The van der Waals surface area contributed by atoms with E-state index >= 15 is 0 Å². The highest BCUT2D eigenvalue weighted by Crippen LogP contribution is 2.28. The van der Waals surface area contributed by atoms with Crippen LogP contribution >= 0.6 is 0 Å². The fourth-order valence-corrected chi connectivity index (χ4v) is 2.79. The quantitative estimate of drug-likeness (QED) is 0.706. The second-order valence-electron chi connectivity index (χ2n) is 6.41. The minimum Gasteiger partial charge on any atom is -0.495 e. The lowest BCUT2D eigenvalue weighted by Crippen LogP contribution is -2.26. The maximum atomic E-state index is 12.6. The third-order valence-electron chi connectivity index (χ3n) is 4.23. The van der Waals surface area contributed by atoms with E-state index in [1.54, 1.807) is 31.3 Å². The molecule has 0 radical (unpaired) electrons. The number of rotatable bonds is 6. The van der Waals surface area contributed by atoms with Crippen LogP contribution < -0.4 is 10.1 Å². The summed E-state index contributed by atoms with van der Waals surface area (Å²) in [5.74, 6) is 0.641. The van der Waals surface area contributed by atoms with Crippen LogP contribution in [0.3, 0.4) is 0 Å². The van der Waals surface area contributed by atoms with Gasteiger partial charge >= 0.3 is 0 Å². The molecule has 0 bridgehead atoms. The maximum absolute atomic E-state index is 12.6. The summed E-state index contributed by atoms with van der Waals surface area (Å²) in [5, 5.41) is 3.29. The number of hydrogen-bond acceptors (Lipinski definition) is 4. The third kappa shape index (κ3) is 4.64. The van der Waals surface area contributed by atoms with Crippen molar-refractivity contribution in [3.8, 4) is 5.75 Å². The van der Waals surface area contributed by atoms with Crippen molar-refractivity contribution < 1.29 is 9.53 Å². The minimum absolute atomic E-state index is 0.112. The van der Waals surface area contributed by atoms with Crippen LogP contribution in [0.5, 0.6) is 5.75 Å². The molecule has 2 aromatic carbocycles. The zero-order valence-corrected chi connectivity index (χ0v) is 15.8. The summed E-state index contributed by atoms with van der Waals surface area (Å²) < 4.78 is 5.38. The first-order valence-corrected chi connectivity index (χ1v) is 8.74. The first kappa shape index (κ1) is 18.5. The number of nitrogens with zero attached hydrogens (tertiary/aromatic N) is 2. The highest BCUT2D eigenvalue weighted by molar-refractivity contribution is 5.92. The summed E-state index contributed by atoms with van der Waals surface area (Å²) in [4.78, 5) is 18.6. The molecule has 0 fully saturated rings. The van der Waals surface area contributed by atoms with Crippen molar-refractivity contribution in [2.45, 2.75) is 13.5 Å². The van der Waals surface area contributed by atoms with Crippen molar-refractivity contribution in [2.24, 2.45) is 0 Å². The Balaban J connectivity index is 1.70. The van der Waals surface area contributed by atoms with Gasteiger partial charge in [0.25, 0.3) is 5.91 Å². The smallest absolute Gasteiger partial charge is 0.272 e. The Morgan fingerprint density at radius 1 is 1.11 bits per heavy atom. The van der Waals surface area contributed by atoms with Gasteiger partial charge in [0.15, 0.2) is 0 Å². The fraction of sp³-hybridized carbons (Fsp3) is 0.182. The SMILES string of the molecule is COc1ccc(C)cc1Nc1ccc(C(=O)N(C)Cc2ccccc2)nc1. The predicted octanol–water partition coefficient (Wildman–Crippen LogP) is 4.41. The van der Waals surface area contributed by atoms with E-state index < -0.39 is 0 Å². The van der Waals surface area contributed by atoms with E-state index in [9.17, 15) is 4.79 Å². The first-order chi connectivity index (χ1) is 13.1. The second kappa shape index (κ2) is 8.36. The van der Waals surface area contributed by atoms with Gasteiger partial charge in [-0.25, -0.2) is 4.98 Å². The van der Waals surface area contributed by atoms with E-state index in [1.165, 1.54) is 0 Å². The highest BCUT2D eigenvalue weighted by Gasteiger charge is 2.13. The number of aromatic nitrogens is 1. The van der Waals surface area contributed by atoms with Crippen molar-refractivity contribution in [3.63, 3.8) is 0 Å². The Labute approximate surface area is 159 Å². The number of carbonyl (C=O) groups is 1. The Bertz CT molecular complexity index is 909. The van der Waals surface area contributed by atoms with E-state index in [0.717, 1.165) is 28.3 Å². The van der Waals surface area contributed by atoms with Crippen LogP contribution in [-0.4, -0.2) is 29.9 Å². The van der Waals surface area contributed by atoms with Crippen molar-refractivity contribution in [1.82, 2.24) is 9.88 Å². The first-order valence-electron chi connectivity index (χ1n) is 8.74. The molecule has 27 heavy (non-hydrogen) atoms. The van der Waals surface area contributed by atoms with Gasteiger partial charge in [0, 0.05) is 13.6 Å². The number of pyridine rings is 1. The molecule has 3 rings (SSSR count). The molecular weight excluding hydrogens is 338 g/mol. The van der Waals surface area contributed by atoms with Crippen LogP contribution in [0.2, 0.25) is 0 Å². The molecule has 5 heteroatoms. The van der Waals surface area contributed by atoms with Crippen LogP contribution in [0.4, 0.5) is 11.4 Å². The van der Waals surface area contributed by atoms with E-state index in [0.29, 0.717) is 12.2 Å². The molecule has 1 N–H and O–H groups in total. The average Bonchev–Trinajstić information content (AvgIpc) is 2.69. The van der Waals surface area contributed by atoms with Gasteiger partial charge < -0.3 is 15.0 Å². The number of ether oxygens (including phenoxy) is 1.